The molecule has 0 bridgehead atoms. The lowest BCUT2D eigenvalue weighted by Gasteiger charge is -2.32. The van der Waals surface area contributed by atoms with Crippen LogP contribution in [0.1, 0.15) is 37.3 Å². The third-order valence-electron chi connectivity index (χ3n) is 7.35. The summed E-state index contributed by atoms with van der Waals surface area (Å²) in [5.41, 5.74) is 1.70. The van der Waals surface area contributed by atoms with E-state index in [1.807, 2.05) is 24.3 Å². The van der Waals surface area contributed by atoms with Crippen LogP contribution in [-0.2, 0) is 10.0 Å². The lowest BCUT2D eigenvalue weighted by Crippen LogP contribution is -2.41. The molecule has 192 valence electrons. The molecule has 2 N–H and O–H groups in total. The number of sulfonamides is 1. The van der Waals surface area contributed by atoms with Gasteiger partial charge in [-0.3, -0.25) is 4.90 Å². The fraction of sp³-hybridized carbons (Fsp3) is 0.444. The lowest BCUT2D eigenvalue weighted by molar-refractivity contribution is 0.165. The van der Waals surface area contributed by atoms with Crippen LogP contribution in [0.15, 0.2) is 59.5 Å². The summed E-state index contributed by atoms with van der Waals surface area (Å²) in [6, 6.07) is 15.7. The van der Waals surface area contributed by atoms with Crippen molar-refractivity contribution in [3.8, 4) is 0 Å². The molecular weight excluding hydrogens is 479 g/mol. The van der Waals surface area contributed by atoms with Gasteiger partial charge in [-0.15, -0.1) is 0 Å². The van der Waals surface area contributed by atoms with Gasteiger partial charge in [-0.25, -0.2) is 17.8 Å². The molecule has 0 radical (unpaired) electrons. The predicted octanol–water partition coefficient (Wildman–Crippen LogP) is 4.02. The van der Waals surface area contributed by atoms with Crippen LogP contribution in [-0.4, -0.2) is 67.0 Å². The summed E-state index contributed by atoms with van der Waals surface area (Å²) in [7, 11) is -3.83. The Morgan fingerprint density at radius 3 is 2.56 bits per heavy atom. The average molecular weight is 513 g/mol. The van der Waals surface area contributed by atoms with Gasteiger partial charge >= 0.3 is 0 Å². The fourth-order valence-electron chi connectivity index (χ4n) is 5.34. The van der Waals surface area contributed by atoms with E-state index in [-0.39, 0.29) is 29.3 Å². The van der Waals surface area contributed by atoms with Crippen molar-refractivity contribution >= 4 is 26.7 Å². The van der Waals surface area contributed by atoms with E-state index in [1.54, 1.807) is 18.2 Å². The van der Waals surface area contributed by atoms with Crippen LogP contribution < -0.4 is 5.32 Å². The van der Waals surface area contributed by atoms with Gasteiger partial charge in [0.05, 0.1) is 11.6 Å². The Labute approximate surface area is 212 Å². The molecule has 1 unspecified atom stereocenters. The first-order valence-electron chi connectivity index (χ1n) is 12.7. The minimum Gasteiger partial charge on any atom is -0.396 e. The summed E-state index contributed by atoms with van der Waals surface area (Å²) in [5, 5.41) is 13.8. The van der Waals surface area contributed by atoms with Crippen molar-refractivity contribution in [3.05, 3.63) is 66.0 Å². The van der Waals surface area contributed by atoms with E-state index in [9.17, 15) is 17.9 Å². The van der Waals surface area contributed by atoms with Crippen molar-refractivity contribution in [2.45, 2.75) is 36.6 Å². The highest BCUT2D eigenvalue weighted by atomic mass is 32.2. The van der Waals surface area contributed by atoms with Gasteiger partial charge in [-0.1, -0.05) is 30.3 Å². The van der Waals surface area contributed by atoms with E-state index in [0.29, 0.717) is 31.0 Å². The van der Waals surface area contributed by atoms with E-state index in [4.69, 9.17) is 4.98 Å². The normalized spacial score (nSPS) is 20.6. The van der Waals surface area contributed by atoms with Crippen molar-refractivity contribution in [1.82, 2.24) is 14.2 Å². The summed E-state index contributed by atoms with van der Waals surface area (Å²) in [4.78, 5) is 7.24. The van der Waals surface area contributed by atoms with Crippen LogP contribution in [0.2, 0.25) is 0 Å². The van der Waals surface area contributed by atoms with E-state index < -0.39 is 10.0 Å². The number of rotatable bonds is 8. The van der Waals surface area contributed by atoms with Gasteiger partial charge in [0.2, 0.25) is 10.0 Å². The number of fused-ring (bicyclic) bond motifs is 1. The second-order valence-corrected chi connectivity index (χ2v) is 11.7. The zero-order chi connectivity index (χ0) is 25.1. The van der Waals surface area contributed by atoms with E-state index >= 15 is 0 Å². The molecule has 1 aromatic heterocycles. The van der Waals surface area contributed by atoms with Gasteiger partial charge in [-0.2, -0.15) is 4.31 Å². The Balaban J connectivity index is 1.49. The minimum absolute atomic E-state index is 0.0255. The van der Waals surface area contributed by atoms with Crippen LogP contribution in [0.25, 0.3) is 10.9 Å². The van der Waals surface area contributed by atoms with Gasteiger partial charge in [0.1, 0.15) is 16.5 Å². The van der Waals surface area contributed by atoms with Gasteiger partial charge in [0.25, 0.3) is 0 Å². The van der Waals surface area contributed by atoms with Crippen molar-refractivity contribution in [1.29, 1.82) is 0 Å². The molecule has 3 aromatic rings. The second-order valence-electron chi connectivity index (χ2n) is 9.77. The highest BCUT2D eigenvalue weighted by molar-refractivity contribution is 7.89. The van der Waals surface area contributed by atoms with Crippen molar-refractivity contribution in [2.24, 2.45) is 5.92 Å². The number of hydrogen-bond acceptors (Lipinski definition) is 6. The Hall–Kier alpha value is -2.59. The first kappa shape index (κ1) is 25.1. The maximum Gasteiger partial charge on any atom is 0.246 e. The zero-order valence-electron chi connectivity index (χ0n) is 20.3. The molecular formula is C27H33FN4O3S. The number of piperidine rings is 1. The van der Waals surface area contributed by atoms with Crippen molar-refractivity contribution in [3.63, 3.8) is 0 Å². The molecule has 2 aliphatic rings. The van der Waals surface area contributed by atoms with Gasteiger partial charge in [0.15, 0.2) is 0 Å². The molecule has 2 atom stereocenters. The van der Waals surface area contributed by atoms with Crippen LogP contribution >= 0.6 is 0 Å². The molecule has 2 aliphatic heterocycles. The first-order valence-corrected chi connectivity index (χ1v) is 14.1. The number of likely N-dealkylation sites (tertiary alicyclic amines) is 1. The smallest absolute Gasteiger partial charge is 0.246 e. The monoisotopic (exact) mass is 512 g/mol. The third-order valence-corrected chi connectivity index (χ3v) is 9.22. The molecule has 3 heterocycles. The van der Waals surface area contributed by atoms with Crippen molar-refractivity contribution in [2.75, 3.05) is 44.6 Å². The molecule has 36 heavy (non-hydrogen) atoms. The van der Waals surface area contributed by atoms with Crippen LogP contribution in [0.3, 0.4) is 0 Å². The highest BCUT2D eigenvalue weighted by Gasteiger charge is 2.33. The van der Waals surface area contributed by atoms with Crippen LogP contribution in [0, 0.1) is 11.7 Å². The molecule has 2 saturated heterocycles. The van der Waals surface area contributed by atoms with E-state index in [0.717, 1.165) is 49.7 Å². The summed E-state index contributed by atoms with van der Waals surface area (Å²) in [5.74, 6) is -0.0123. The van der Waals surface area contributed by atoms with E-state index in [1.165, 1.54) is 16.4 Å². The molecule has 2 fully saturated rings. The Kier molecular flexibility index (Phi) is 7.52. The zero-order valence-corrected chi connectivity index (χ0v) is 21.1. The fourth-order valence-corrected chi connectivity index (χ4v) is 7.04. The van der Waals surface area contributed by atoms with Gasteiger partial charge < -0.3 is 10.4 Å². The van der Waals surface area contributed by atoms with Crippen LogP contribution in [0.5, 0.6) is 0 Å². The summed E-state index contributed by atoms with van der Waals surface area (Å²) < 4.78 is 42.8. The summed E-state index contributed by atoms with van der Waals surface area (Å²) >= 11 is 0. The second kappa shape index (κ2) is 10.8. The Bertz CT molecular complexity index is 1300. The highest BCUT2D eigenvalue weighted by Crippen LogP contribution is 2.32. The molecule has 7 nitrogen and oxygen atoms in total. The third kappa shape index (κ3) is 5.25. The number of para-hydroxylation sites is 1. The minimum atomic E-state index is -3.83. The van der Waals surface area contributed by atoms with Crippen molar-refractivity contribution < 1.29 is 17.9 Å². The number of benzene rings is 2. The summed E-state index contributed by atoms with van der Waals surface area (Å²) in [6.45, 7) is 3.03. The van der Waals surface area contributed by atoms with Crippen LogP contribution in [0.4, 0.5) is 10.2 Å². The average Bonchev–Trinajstić information content (AvgIpc) is 3.44. The summed E-state index contributed by atoms with van der Waals surface area (Å²) in [6.07, 6.45) is 3.74. The molecule has 0 amide bonds. The lowest BCUT2D eigenvalue weighted by atomic mass is 10.0. The van der Waals surface area contributed by atoms with Gasteiger partial charge in [0, 0.05) is 31.6 Å². The quantitative estimate of drug-likeness (QED) is 0.474. The number of aliphatic hydroxyl groups excluding tert-OH is 1. The number of nitrogens with zero attached hydrogens (tertiary/aromatic N) is 3. The predicted molar refractivity (Wildman–Crippen MR) is 139 cm³/mol. The molecule has 0 saturated carbocycles. The maximum atomic E-state index is 13.8. The number of hydrogen-bond donors (Lipinski definition) is 2. The number of anilines is 1. The number of halogens is 1. The molecule has 5 rings (SSSR count). The number of aliphatic hydroxyl groups is 1. The first-order chi connectivity index (χ1) is 17.5. The largest absolute Gasteiger partial charge is 0.396 e. The topological polar surface area (TPSA) is 85.8 Å². The maximum absolute atomic E-state index is 13.8. The van der Waals surface area contributed by atoms with Gasteiger partial charge in [-0.05, 0) is 74.5 Å². The molecule has 2 aromatic carbocycles. The molecule has 0 spiro atoms. The van der Waals surface area contributed by atoms with E-state index in [2.05, 4.69) is 10.2 Å². The molecule has 9 heteroatoms. The molecule has 0 aliphatic carbocycles. The number of nitrogens with one attached hydrogen (secondary N) is 1. The number of pyridine rings is 1. The Morgan fingerprint density at radius 1 is 1.06 bits per heavy atom. The standard InChI is InChI=1S/C27H33FN4O3S/c28-23-11-9-21(10-12-23)25(31-13-3-4-14-31)17-29-27-26(16-22-7-1-2-8-24(22)30-27)36(34,35)32-15-5-6-20(18-32)19-33/h1-2,7-12,16,20,25,33H,3-6,13-15,17-19H2,(H,29,30)/t20-,25?/m1/s1. The number of aromatic nitrogens is 1. The Morgan fingerprint density at radius 2 is 1.81 bits per heavy atom. The SMILES string of the molecule is O=S(=O)(c1cc2ccccc2nc1NCC(c1ccc(F)cc1)N1CCCC1)N1CCC[C@@H](CO)C1.